The summed E-state index contributed by atoms with van der Waals surface area (Å²) < 4.78 is 37.8. The van der Waals surface area contributed by atoms with Gasteiger partial charge in [0, 0.05) is 18.6 Å². The number of carbonyl (C=O) groups is 2. The van der Waals surface area contributed by atoms with Gasteiger partial charge < -0.3 is 15.3 Å². The van der Waals surface area contributed by atoms with Gasteiger partial charge in [-0.1, -0.05) is 43.8 Å². The van der Waals surface area contributed by atoms with Gasteiger partial charge in [-0.15, -0.1) is 0 Å². The van der Waals surface area contributed by atoms with Crippen LogP contribution in [0, 0.1) is 13.8 Å². The fourth-order valence-electron chi connectivity index (χ4n) is 6.10. The van der Waals surface area contributed by atoms with E-state index >= 15 is 0 Å². The molecule has 4 aromatic carbocycles. The average molecular weight is 627 g/mol. The molecule has 230 valence electrons. The van der Waals surface area contributed by atoms with Crippen molar-refractivity contribution in [2.24, 2.45) is 0 Å². The highest BCUT2D eigenvalue weighted by atomic mass is 32.2. The highest BCUT2D eigenvalue weighted by Crippen LogP contribution is 2.42. The number of aromatic carboxylic acids is 2. The lowest BCUT2D eigenvalue weighted by Crippen LogP contribution is -2.45. The second-order valence-electron chi connectivity index (χ2n) is 10.9. The molecule has 45 heavy (non-hydrogen) atoms. The predicted molar refractivity (Wildman–Crippen MR) is 173 cm³/mol. The van der Waals surface area contributed by atoms with E-state index < -0.39 is 27.4 Å². The minimum Gasteiger partial charge on any atom is -0.508 e. The number of fused-ring (bicyclic) bond motifs is 2. The maximum Gasteiger partial charge on any atom is 0.337 e. The Morgan fingerprint density at radius 3 is 2.16 bits per heavy atom. The summed E-state index contributed by atoms with van der Waals surface area (Å²) in [7, 11) is -4.68. The Morgan fingerprint density at radius 1 is 0.844 bits per heavy atom. The van der Waals surface area contributed by atoms with E-state index in [9.17, 15) is 37.9 Å². The molecule has 0 aliphatic rings. The van der Waals surface area contributed by atoms with Crippen LogP contribution in [0.3, 0.4) is 0 Å². The fourth-order valence-corrected chi connectivity index (χ4v) is 7.13. The molecule has 0 spiro atoms. The molecule has 1 atom stereocenters. The molecule has 1 heterocycles. The Hall–Kier alpha value is -5.06. The summed E-state index contributed by atoms with van der Waals surface area (Å²) in [6, 6.07) is 17.7. The Labute approximate surface area is 260 Å². The largest absolute Gasteiger partial charge is 0.508 e. The molecule has 4 N–H and O–H groups in total. The van der Waals surface area contributed by atoms with Gasteiger partial charge in [0.05, 0.1) is 21.9 Å². The lowest BCUT2D eigenvalue weighted by atomic mass is 9.85. The summed E-state index contributed by atoms with van der Waals surface area (Å²) in [6.45, 7) is 9.16. The number of hydrogen-bond donors (Lipinski definition) is 4. The first kappa shape index (κ1) is 31.4. The van der Waals surface area contributed by atoms with Gasteiger partial charge in [0.1, 0.15) is 5.75 Å². The van der Waals surface area contributed by atoms with E-state index in [2.05, 4.69) is 6.58 Å². The zero-order valence-corrected chi connectivity index (χ0v) is 25.7. The fraction of sp³-hybridized carbons (Fsp3) is 0.171. The van der Waals surface area contributed by atoms with Gasteiger partial charge in [-0.25, -0.2) is 9.59 Å². The minimum atomic E-state index is -4.68. The molecule has 0 bridgehead atoms. The first-order chi connectivity index (χ1) is 21.3. The van der Waals surface area contributed by atoms with E-state index in [1.54, 1.807) is 75.4 Å². The van der Waals surface area contributed by atoms with Gasteiger partial charge in [0.15, 0.2) is 0 Å². The number of carboxylic acids is 2. The van der Waals surface area contributed by atoms with E-state index in [4.69, 9.17) is 0 Å². The van der Waals surface area contributed by atoms with Gasteiger partial charge in [0.2, 0.25) is 11.0 Å². The molecule has 10 heteroatoms. The Balaban J connectivity index is 2.10. The standard InChI is InChI=1S/C35H31NO8S/c1-5-9-32(45(42,43)44)36-30-11-8-7-10-25(30)33(35(40)41)29-17-27(23-14-15-24(34(38)39)20(4)19(23)3)28(18-31(29)36)26-16-22(37)13-12-21(26)6-2/h6-8,10-18,32H,2,5,9H2,1,3-4H3,(H3-,37,38,39,40,41,42,43,44)/p+1. The van der Waals surface area contributed by atoms with Gasteiger partial charge in [-0.3, -0.25) is 4.55 Å². The summed E-state index contributed by atoms with van der Waals surface area (Å²) in [6.07, 6.45) is 2.05. The number of phenolic OH excluding ortho intramolecular Hbond substituents is 1. The van der Waals surface area contributed by atoms with Crippen LogP contribution in [0.2, 0.25) is 0 Å². The van der Waals surface area contributed by atoms with Crippen molar-refractivity contribution < 1.29 is 42.4 Å². The third-order valence-electron chi connectivity index (χ3n) is 8.33. The summed E-state index contributed by atoms with van der Waals surface area (Å²) in [5.74, 6) is -2.37. The van der Waals surface area contributed by atoms with Crippen molar-refractivity contribution in [3.63, 3.8) is 0 Å². The molecule has 0 aliphatic heterocycles. The molecule has 0 amide bonds. The topological polar surface area (TPSA) is 153 Å². The number of aromatic nitrogens is 1. The van der Waals surface area contributed by atoms with E-state index in [-0.39, 0.29) is 39.6 Å². The monoisotopic (exact) mass is 626 g/mol. The molecule has 5 aromatic rings. The number of aromatic hydroxyl groups is 1. The average Bonchev–Trinajstić information content (AvgIpc) is 2.98. The SMILES string of the molecule is C=Cc1ccc(O)cc1-c1cc2c(cc1-c1ccc(C(=O)O)c(C)c1C)c(C(=O)O)c1ccccc1[n+]2C(CCC)S(=O)(=O)O. The molecule has 5 rings (SSSR count). The van der Waals surface area contributed by atoms with Gasteiger partial charge >= 0.3 is 22.1 Å². The number of benzene rings is 4. The third-order valence-corrected chi connectivity index (χ3v) is 9.47. The quantitative estimate of drug-likeness (QED) is 0.0764. The van der Waals surface area contributed by atoms with Crippen molar-refractivity contribution in [1.82, 2.24) is 0 Å². The lowest BCUT2D eigenvalue weighted by Gasteiger charge is -2.20. The summed E-state index contributed by atoms with van der Waals surface area (Å²) in [5, 5.41) is 29.9. The van der Waals surface area contributed by atoms with Crippen LogP contribution in [-0.4, -0.2) is 40.2 Å². The number of phenols is 1. The maximum atomic E-state index is 12.9. The van der Waals surface area contributed by atoms with Crippen LogP contribution >= 0.6 is 0 Å². The maximum absolute atomic E-state index is 12.9. The van der Waals surface area contributed by atoms with Crippen molar-refractivity contribution in [1.29, 1.82) is 0 Å². The van der Waals surface area contributed by atoms with Gasteiger partial charge in [-0.05, 0) is 89.5 Å². The van der Waals surface area contributed by atoms with Crippen LogP contribution in [0.15, 0.2) is 73.3 Å². The molecular weight excluding hydrogens is 594 g/mol. The van der Waals surface area contributed by atoms with Crippen LogP contribution in [0.1, 0.15) is 62.5 Å². The molecule has 0 saturated heterocycles. The first-order valence-electron chi connectivity index (χ1n) is 14.2. The first-order valence-corrected chi connectivity index (χ1v) is 15.7. The number of rotatable bonds is 9. The zero-order chi connectivity index (χ0) is 32.8. The molecule has 1 unspecified atom stereocenters. The number of para-hydroxylation sites is 1. The number of nitrogens with zero attached hydrogens (tertiary/aromatic N) is 1. The van der Waals surface area contributed by atoms with Crippen molar-refractivity contribution in [2.75, 3.05) is 0 Å². The second-order valence-corrected chi connectivity index (χ2v) is 12.5. The zero-order valence-electron chi connectivity index (χ0n) is 24.9. The molecule has 0 saturated carbocycles. The van der Waals surface area contributed by atoms with Crippen LogP contribution < -0.4 is 4.57 Å². The molecule has 0 aliphatic carbocycles. The molecule has 0 radical (unpaired) electrons. The van der Waals surface area contributed by atoms with Crippen molar-refractivity contribution >= 4 is 49.9 Å². The van der Waals surface area contributed by atoms with Crippen LogP contribution in [0.4, 0.5) is 0 Å². The molecular formula is C35H32NO8S+. The number of hydrogen-bond acceptors (Lipinski definition) is 5. The molecule has 9 nitrogen and oxygen atoms in total. The van der Waals surface area contributed by atoms with Crippen molar-refractivity contribution in [3.8, 4) is 28.0 Å². The summed E-state index contributed by atoms with van der Waals surface area (Å²) >= 11 is 0. The predicted octanol–water partition coefficient (Wildman–Crippen LogP) is 7.16. The Morgan fingerprint density at radius 2 is 1.53 bits per heavy atom. The lowest BCUT2D eigenvalue weighted by molar-refractivity contribution is -0.651. The Bertz CT molecular complexity index is 2170. The van der Waals surface area contributed by atoms with Crippen LogP contribution in [0.5, 0.6) is 5.75 Å². The molecule has 1 aromatic heterocycles. The van der Waals surface area contributed by atoms with E-state index in [1.165, 1.54) is 22.8 Å². The third kappa shape index (κ3) is 5.43. The van der Waals surface area contributed by atoms with Crippen LogP contribution in [-0.2, 0) is 10.1 Å². The van der Waals surface area contributed by atoms with Crippen molar-refractivity contribution in [3.05, 3.63) is 101 Å². The summed E-state index contributed by atoms with van der Waals surface area (Å²) in [4.78, 5) is 24.8. The van der Waals surface area contributed by atoms with E-state index in [1.807, 2.05) is 0 Å². The summed E-state index contributed by atoms with van der Waals surface area (Å²) in [5.41, 5.74) is 4.55. The second kappa shape index (κ2) is 11.8. The van der Waals surface area contributed by atoms with E-state index in [0.717, 1.165) is 0 Å². The highest BCUT2D eigenvalue weighted by Gasteiger charge is 2.37. The minimum absolute atomic E-state index is 0.0461. The normalized spacial score (nSPS) is 12.4. The Kier molecular flexibility index (Phi) is 8.22. The molecule has 0 fully saturated rings. The van der Waals surface area contributed by atoms with Crippen molar-refractivity contribution in [2.45, 2.75) is 39.0 Å². The highest BCUT2D eigenvalue weighted by molar-refractivity contribution is 7.85. The number of pyridine rings is 1. The smallest absolute Gasteiger partial charge is 0.337 e. The number of carboxylic acid groups (broad SMARTS) is 2. The van der Waals surface area contributed by atoms with E-state index in [0.29, 0.717) is 50.9 Å². The van der Waals surface area contributed by atoms with Gasteiger partial charge in [-0.2, -0.15) is 13.0 Å². The van der Waals surface area contributed by atoms with Gasteiger partial charge in [0.25, 0.3) is 5.37 Å². The van der Waals surface area contributed by atoms with Crippen LogP contribution in [0.25, 0.3) is 50.1 Å².